The van der Waals surface area contributed by atoms with Crippen LogP contribution in [0.1, 0.15) is 74.1 Å². The number of halogens is 2. The Balaban J connectivity index is 0.000000201. The maximum Gasteiger partial charge on any atom is 0.497 e. The Hall–Kier alpha value is -2.79. The molecule has 3 fully saturated rings. The number of amides is 2. The highest BCUT2D eigenvalue weighted by atomic mass is 19.1. The Bertz CT molecular complexity index is 1300. The molecule has 5 rings (SSSR count). The molecule has 2 amide bonds. The van der Waals surface area contributed by atoms with Gasteiger partial charge in [-0.25, -0.2) is 8.78 Å². The number of benzene rings is 2. The molecule has 42 heavy (non-hydrogen) atoms. The van der Waals surface area contributed by atoms with Gasteiger partial charge < -0.3 is 29.2 Å². The van der Waals surface area contributed by atoms with Gasteiger partial charge in [0.05, 0.1) is 22.3 Å². The molecule has 0 aromatic heterocycles. The highest BCUT2D eigenvalue weighted by Crippen LogP contribution is 2.37. The van der Waals surface area contributed by atoms with Crippen molar-refractivity contribution in [2.45, 2.75) is 64.6 Å². The summed E-state index contributed by atoms with van der Waals surface area (Å²) in [5.41, 5.74) is -1.14. The normalized spacial score (nSPS) is 18.7. The van der Waals surface area contributed by atoms with Gasteiger partial charge in [0.1, 0.15) is 11.6 Å². The summed E-state index contributed by atoms with van der Waals surface area (Å²) in [5.74, 6) is -1.05. The smallest absolute Gasteiger partial charge is 0.423 e. The van der Waals surface area contributed by atoms with E-state index in [1.165, 1.54) is 29.2 Å². The zero-order chi connectivity index (χ0) is 31.0. The van der Waals surface area contributed by atoms with Gasteiger partial charge in [0.15, 0.2) is 0 Å². The van der Waals surface area contributed by atoms with E-state index >= 15 is 0 Å². The van der Waals surface area contributed by atoms with Crippen molar-refractivity contribution < 1.29 is 37.7 Å². The summed E-state index contributed by atoms with van der Waals surface area (Å²) in [6.07, 6.45) is 4.51. The summed E-state index contributed by atoms with van der Waals surface area (Å²) in [7, 11) is 0.631. The second-order valence-electron chi connectivity index (χ2n) is 12.6. The van der Waals surface area contributed by atoms with Crippen LogP contribution in [0.4, 0.5) is 8.78 Å². The Morgan fingerprint density at radius 3 is 1.69 bits per heavy atom. The van der Waals surface area contributed by atoms with Crippen LogP contribution in [0.5, 0.6) is 0 Å². The summed E-state index contributed by atoms with van der Waals surface area (Å²) in [4.78, 5) is 27.7. The van der Waals surface area contributed by atoms with Crippen LogP contribution < -0.4 is 10.9 Å². The maximum absolute atomic E-state index is 15.0. The molecular formula is C30H40B2F2N2O6. The minimum absolute atomic E-state index is 0.0744. The van der Waals surface area contributed by atoms with Crippen LogP contribution in [0.25, 0.3) is 0 Å². The molecule has 2 saturated carbocycles. The average molecular weight is 584 g/mol. The lowest BCUT2D eigenvalue weighted by Crippen LogP contribution is -2.41. The van der Waals surface area contributed by atoms with Gasteiger partial charge in [-0.05, 0) is 77.3 Å². The second-order valence-corrected chi connectivity index (χ2v) is 12.6. The maximum atomic E-state index is 15.0. The van der Waals surface area contributed by atoms with Crippen molar-refractivity contribution in [2.24, 2.45) is 11.8 Å². The van der Waals surface area contributed by atoms with Crippen molar-refractivity contribution in [1.29, 1.82) is 0 Å². The molecule has 1 saturated heterocycles. The highest BCUT2D eigenvalue weighted by Gasteiger charge is 2.52. The number of rotatable bonds is 8. The zero-order valence-electron chi connectivity index (χ0n) is 25.2. The molecular weight excluding hydrogens is 544 g/mol. The fourth-order valence-electron chi connectivity index (χ4n) is 4.73. The van der Waals surface area contributed by atoms with Crippen LogP contribution in [-0.4, -0.2) is 84.3 Å². The highest BCUT2D eigenvalue weighted by molar-refractivity contribution is 6.62. The molecule has 12 heteroatoms. The number of hydrogen-bond acceptors (Lipinski definition) is 6. The topological polar surface area (TPSA) is 99.5 Å². The van der Waals surface area contributed by atoms with Gasteiger partial charge in [-0.2, -0.15) is 0 Å². The first-order valence-corrected chi connectivity index (χ1v) is 14.4. The summed E-state index contributed by atoms with van der Waals surface area (Å²) in [5, 5.41) is 18.0. The average Bonchev–Trinajstić information content (AvgIpc) is 3.85. The van der Waals surface area contributed by atoms with Crippen molar-refractivity contribution in [3.8, 4) is 0 Å². The van der Waals surface area contributed by atoms with Crippen molar-refractivity contribution in [2.75, 3.05) is 27.2 Å². The lowest BCUT2D eigenvalue weighted by Gasteiger charge is -2.32. The standard InChI is InChI=1S/C18H25BFNO3.C12H15BFNO3/c1-17(2)18(3,4)24-19(23-17)14-8-6-7-13(15(14)20)16(22)21(5)11-12-9-10-12;1-15(7-8-5-6-8)12(16)9-3-2-4-10(11(9)14)13(17)18/h6-8,12H,9-11H2,1-5H3;2-4,8,17-18H,5-7H2,1H3. The van der Waals surface area contributed by atoms with Crippen molar-refractivity contribution in [1.82, 2.24) is 9.80 Å². The third-order valence-electron chi connectivity index (χ3n) is 8.45. The van der Waals surface area contributed by atoms with Crippen LogP contribution in [0, 0.1) is 23.5 Å². The lowest BCUT2D eigenvalue weighted by atomic mass is 9.77. The van der Waals surface area contributed by atoms with E-state index in [0.717, 1.165) is 25.7 Å². The van der Waals surface area contributed by atoms with Gasteiger partial charge in [0.25, 0.3) is 11.8 Å². The molecule has 2 aromatic rings. The fourth-order valence-corrected chi connectivity index (χ4v) is 4.73. The first-order valence-electron chi connectivity index (χ1n) is 14.4. The molecule has 2 aromatic carbocycles. The van der Waals surface area contributed by atoms with Gasteiger partial charge in [-0.3, -0.25) is 9.59 Å². The summed E-state index contributed by atoms with van der Waals surface area (Å²) in [6.45, 7) is 8.97. The van der Waals surface area contributed by atoms with Crippen LogP contribution in [0.15, 0.2) is 36.4 Å². The van der Waals surface area contributed by atoms with E-state index < -0.39 is 43.0 Å². The summed E-state index contributed by atoms with van der Waals surface area (Å²) >= 11 is 0. The predicted molar refractivity (Wildman–Crippen MR) is 158 cm³/mol. The largest absolute Gasteiger partial charge is 0.497 e. The molecule has 2 aliphatic carbocycles. The third kappa shape index (κ3) is 7.22. The minimum atomic E-state index is -1.91. The fraction of sp³-hybridized carbons (Fsp3) is 0.533. The van der Waals surface area contributed by atoms with Crippen LogP contribution in [-0.2, 0) is 9.31 Å². The molecule has 1 heterocycles. The first kappa shape index (κ1) is 32.1. The molecule has 0 unspecified atom stereocenters. The van der Waals surface area contributed by atoms with Crippen LogP contribution in [0.2, 0.25) is 0 Å². The van der Waals surface area contributed by atoms with Crippen molar-refractivity contribution in [3.63, 3.8) is 0 Å². The van der Waals surface area contributed by atoms with Crippen molar-refractivity contribution in [3.05, 3.63) is 59.2 Å². The van der Waals surface area contributed by atoms with Crippen molar-refractivity contribution >= 4 is 37.0 Å². The number of carbonyl (C=O) groups excluding carboxylic acids is 2. The Labute approximate surface area is 247 Å². The van der Waals surface area contributed by atoms with E-state index in [2.05, 4.69) is 0 Å². The van der Waals surface area contributed by atoms with E-state index in [-0.39, 0.29) is 28.0 Å². The SMILES string of the molecule is CN(CC1CC1)C(=O)c1cccc(B(O)O)c1F.CN(CC1CC1)C(=O)c1cccc(B2OC(C)(C)C(C)(C)O2)c1F. The molecule has 226 valence electrons. The van der Waals surface area contributed by atoms with E-state index in [1.807, 2.05) is 27.7 Å². The molecule has 3 aliphatic rings. The molecule has 0 spiro atoms. The zero-order valence-corrected chi connectivity index (χ0v) is 25.2. The Morgan fingerprint density at radius 2 is 1.26 bits per heavy atom. The van der Waals surface area contributed by atoms with Crippen LogP contribution in [0.3, 0.4) is 0 Å². The molecule has 0 atom stereocenters. The number of nitrogens with zero attached hydrogens (tertiary/aromatic N) is 2. The molecule has 0 bridgehead atoms. The van der Waals surface area contributed by atoms with E-state index in [1.54, 1.807) is 31.1 Å². The first-order chi connectivity index (χ1) is 19.6. The van der Waals surface area contributed by atoms with Gasteiger partial charge in [0.2, 0.25) is 0 Å². The number of hydrogen-bond donors (Lipinski definition) is 2. The quantitative estimate of drug-likeness (QED) is 0.464. The predicted octanol–water partition coefficient (Wildman–Crippen LogP) is 2.59. The van der Waals surface area contributed by atoms with Gasteiger partial charge in [0, 0.05) is 38.1 Å². The van der Waals surface area contributed by atoms with Crippen LogP contribution >= 0.6 is 0 Å². The lowest BCUT2D eigenvalue weighted by molar-refractivity contribution is 0.00578. The summed E-state index contributed by atoms with van der Waals surface area (Å²) < 4.78 is 40.7. The molecule has 1 aliphatic heterocycles. The Kier molecular flexibility index (Phi) is 9.52. The van der Waals surface area contributed by atoms with Gasteiger partial charge in [-0.1, -0.05) is 24.3 Å². The third-order valence-corrected chi connectivity index (χ3v) is 8.45. The second kappa shape index (κ2) is 12.4. The van der Waals surface area contributed by atoms with E-state index in [4.69, 9.17) is 19.4 Å². The van der Waals surface area contributed by atoms with Gasteiger partial charge in [-0.15, -0.1) is 0 Å². The molecule has 2 N–H and O–H groups in total. The van der Waals surface area contributed by atoms with E-state index in [0.29, 0.717) is 24.9 Å². The molecule has 0 radical (unpaired) electrons. The minimum Gasteiger partial charge on any atom is -0.423 e. The summed E-state index contributed by atoms with van der Waals surface area (Å²) in [6, 6.07) is 8.87. The van der Waals surface area contributed by atoms with Gasteiger partial charge >= 0.3 is 14.2 Å². The molecule has 8 nitrogen and oxygen atoms in total. The number of carbonyl (C=O) groups is 2. The Morgan fingerprint density at radius 1 is 0.833 bits per heavy atom. The van der Waals surface area contributed by atoms with E-state index in [9.17, 15) is 18.4 Å². The monoisotopic (exact) mass is 584 g/mol.